The average molecular weight is 952 g/mol. The van der Waals surface area contributed by atoms with Crippen molar-refractivity contribution in [2.45, 2.75) is 94.4 Å². The molecule has 0 spiro atoms. The van der Waals surface area contributed by atoms with Crippen molar-refractivity contribution in [1.82, 2.24) is 10.2 Å². The van der Waals surface area contributed by atoms with Crippen molar-refractivity contribution in [3.8, 4) is 0 Å². The average Bonchev–Trinajstić information content (AvgIpc) is 3.72. The fraction of sp³-hybridized carbons (Fsp3) is 0.452. The molecule has 21 heteroatoms. The zero-order chi connectivity index (χ0) is 46.4. The van der Waals surface area contributed by atoms with Gasteiger partial charge in [0.15, 0.2) is 5.71 Å². The topological polar surface area (TPSA) is 249 Å². The summed E-state index contributed by atoms with van der Waals surface area (Å²) in [5.41, 5.74) is 2.16. The van der Waals surface area contributed by atoms with Gasteiger partial charge in [0.2, 0.25) is 5.91 Å². The van der Waals surface area contributed by atoms with Gasteiger partial charge in [-0.1, -0.05) is 42.7 Å². The van der Waals surface area contributed by atoms with Crippen LogP contribution < -0.4 is 14.8 Å². The van der Waals surface area contributed by atoms with Gasteiger partial charge in [0.05, 0.1) is 38.9 Å². The van der Waals surface area contributed by atoms with Crippen LogP contribution in [0.3, 0.4) is 0 Å². The highest BCUT2D eigenvalue weighted by Gasteiger charge is 2.44. The predicted octanol–water partition coefficient (Wildman–Crippen LogP) is 4.95. The normalized spacial score (nSPS) is 19.2. The summed E-state index contributed by atoms with van der Waals surface area (Å²) in [6.45, 7) is 6.80. The van der Waals surface area contributed by atoms with E-state index in [2.05, 4.69) is 5.32 Å². The van der Waals surface area contributed by atoms with Crippen LogP contribution in [0.1, 0.15) is 83.3 Å². The molecular weight excluding hydrogens is 898 g/mol. The number of aryl methyl sites for hydroxylation is 1. The molecule has 0 saturated heterocycles. The van der Waals surface area contributed by atoms with E-state index in [1.807, 2.05) is 56.0 Å². The van der Waals surface area contributed by atoms with Crippen molar-refractivity contribution in [1.29, 1.82) is 0 Å². The van der Waals surface area contributed by atoms with Crippen LogP contribution in [0, 0.1) is 0 Å². The minimum atomic E-state index is -4.59. The minimum Gasteiger partial charge on any atom is -0.354 e. The lowest BCUT2D eigenvalue weighted by Gasteiger charge is -2.30. The van der Waals surface area contributed by atoms with Crippen molar-refractivity contribution in [2.75, 3.05) is 36.0 Å². The van der Waals surface area contributed by atoms with Gasteiger partial charge < -0.3 is 10.2 Å². The van der Waals surface area contributed by atoms with E-state index in [1.165, 1.54) is 24.3 Å². The second-order valence-corrected chi connectivity index (χ2v) is 21.4. The first-order valence-corrected chi connectivity index (χ1v) is 25.4. The van der Waals surface area contributed by atoms with E-state index in [4.69, 9.17) is 16.6 Å². The third kappa shape index (κ3) is 12.8. The molecule has 342 valence electrons. The molecule has 3 aliphatic heterocycles. The van der Waals surface area contributed by atoms with Crippen LogP contribution in [0.15, 0.2) is 88.6 Å². The van der Waals surface area contributed by atoms with Gasteiger partial charge in [0.25, 0.3) is 42.2 Å². The number of benzene rings is 1. The molecule has 1 aromatic carbocycles. The Morgan fingerprint density at radius 2 is 1.51 bits per heavy atom. The van der Waals surface area contributed by atoms with E-state index in [1.54, 1.807) is 22.9 Å². The van der Waals surface area contributed by atoms with E-state index in [0.717, 1.165) is 16.2 Å². The number of pyridine rings is 1. The fourth-order valence-electron chi connectivity index (χ4n) is 8.01. The van der Waals surface area contributed by atoms with Crippen LogP contribution in [-0.4, -0.2) is 98.4 Å². The number of nitrogens with one attached hydrogen (secondary N) is 1. The second-order valence-electron chi connectivity index (χ2n) is 16.3. The molecule has 2 aromatic rings. The molecule has 0 saturated carbocycles. The van der Waals surface area contributed by atoms with Crippen LogP contribution in [0.2, 0.25) is 5.02 Å². The van der Waals surface area contributed by atoms with Gasteiger partial charge in [-0.15, -0.1) is 0 Å². The number of rotatable bonds is 22. The van der Waals surface area contributed by atoms with E-state index >= 15 is 0 Å². The Morgan fingerprint density at radius 3 is 2.17 bits per heavy atom. The van der Waals surface area contributed by atoms with Crippen molar-refractivity contribution in [2.24, 2.45) is 4.99 Å². The number of allylic oxidation sites excluding steroid dienone is 6. The van der Waals surface area contributed by atoms with Crippen molar-refractivity contribution in [3.63, 3.8) is 0 Å². The van der Waals surface area contributed by atoms with E-state index in [-0.39, 0.29) is 49.7 Å². The SMILES string of the molecule is CC1(C)C(/C=C/C=C/C=C2/N(CCCCCC(=O)NCCN3C(=O)C=CC3=O)c3ccc(S(=O)(=O)O)cc3C2(C)CCCCS(=O)(=O)O)=Nc2c1cc(Cl)c[n+]2CCCS(=O)(=O)O. The van der Waals surface area contributed by atoms with E-state index in [0.29, 0.717) is 66.5 Å². The zero-order valence-electron chi connectivity index (χ0n) is 35.2. The van der Waals surface area contributed by atoms with Gasteiger partial charge in [-0.25, -0.2) is 4.57 Å². The van der Waals surface area contributed by atoms with E-state index in [9.17, 15) is 53.3 Å². The molecule has 0 radical (unpaired) electrons. The Morgan fingerprint density at radius 1 is 0.825 bits per heavy atom. The fourth-order valence-corrected chi connectivity index (χ4v) is 9.81. The highest BCUT2D eigenvalue weighted by molar-refractivity contribution is 7.86. The van der Waals surface area contributed by atoms with Gasteiger partial charge in [-0.3, -0.25) is 32.9 Å². The third-order valence-corrected chi connectivity index (χ3v) is 14.0. The lowest BCUT2D eigenvalue weighted by Crippen LogP contribution is -2.38. The third-order valence-electron chi connectivity index (χ3n) is 11.3. The van der Waals surface area contributed by atoms with Crippen molar-refractivity contribution >= 4 is 76.9 Å². The number of carbonyl (C=O) groups is 3. The standard InChI is InChI=1S/C42H52ClN5O12S3/c1-41(2)33-27-30(43)29-46(22-12-26-62(55,56)57)40(33)45-35(41)13-6-4-7-14-36-42(3,20-9-11-25-61(52,53)54)32-28-31(63(58,59)60)16-17-34(32)47(36)23-10-5-8-15-37(49)44-21-24-48-38(50)18-19-39(48)51/h4,6-7,13-14,16-19,27-29H,5,8-12,15,20-26H2,1-3H3,(H3-,44,49,52,53,54,55,56,57,58,59,60)/p+1. The molecule has 1 unspecified atom stereocenters. The van der Waals surface area contributed by atoms with Gasteiger partial charge in [0.1, 0.15) is 6.20 Å². The number of halogens is 1. The Labute approximate surface area is 373 Å². The molecular formula is C42H53ClN5O12S3+. The van der Waals surface area contributed by atoms with Crippen LogP contribution in [0.5, 0.6) is 0 Å². The van der Waals surface area contributed by atoms with Crippen LogP contribution in [0.4, 0.5) is 11.5 Å². The first-order valence-electron chi connectivity index (χ1n) is 20.4. The first-order chi connectivity index (χ1) is 29.4. The maximum Gasteiger partial charge on any atom is 0.327 e. The molecule has 1 atom stereocenters. The highest BCUT2D eigenvalue weighted by Crippen LogP contribution is 2.51. The molecule has 4 N–H and O–H groups in total. The number of aromatic nitrogens is 1. The number of imide groups is 1. The first kappa shape index (κ1) is 49.4. The van der Waals surface area contributed by atoms with Crippen LogP contribution in [-0.2, 0) is 62.1 Å². The number of fused-ring (bicyclic) bond motifs is 2. The Kier molecular flexibility index (Phi) is 15.8. The van der Waals surface area contributed by atoms with Crippen molar-refractivity contribution < 1.29 is 57.9 Å². The molecule has 0 fully saturated rings. The Bertz CT molecular complexity index is 2610. The molecule has 3 aliphatic rings. The van der Waals surface area contributed by atoms with Crippen LogP contribution in [0.25, 0.3) is 0 Å². The maximum absolute atomic E-state index is 12.5. The number of hydrogen-bond donors (Lipinski definition) is 4. The summed E-state index contributed by atoms with van der Waals surface area (Å²) in [5, 5.41) is 3.18. The smallest absolute Gasteiger partial charge is 0.327 e. The molecule has 17 nitrogen and oxygen atoms in total. The summed E-state index contributed by atoms with van der Waals surface area (Å²) in [4.78, 5) is 43.7. The molecule has 3 amide bonds. The minimum absolute atomic E-state index is 0.0678. The lowest BCUT2D eigenvalue weighted by molar-refractivity contribution is -0.684. The zero-order valence-corrected chi connectivity index (χ0v) is 38.4. The molecule has 4 heterocycles. The summed E-state index contributed by atoms with van der Waals surface area (Å²) in [7, 11) is -13.0. The summed E-state index contributed by atoms with van der Waals surface area (Å²) in [5.74, 6) is -1.32. The molecule has 5 rings (SSSR count). The number of hydrogen-bond acceptors (Lipinski definition) is 11. The quantitative estimate of drug-likeness (QED) is 0.0402. The predicted molar refractivity (Wildman–Crippen MR) is 238 cm³/mol. The highest BCUT2D eigenvalue weighted by atomic mass is 35.5. The van der Waals surface area contributed by atoms with E-state index < -0.39 is 64.5 Å². The van der Waals surface area contributed by atoms with Gasteiger partial charge in [-0.2, -0.15) is 25.3 Å². The second kappa shape index (κ2) is 20.1. The Hall–Kier alpha value is -4.57. The van der Waals surface area contributed by atoms with Gasteiger partial charge in [0, 0.05) is 61.4 Å². The summed E-state index contributed by atoms with van der Waals surface area (Å²) in [6, 6.07) is 6.18. The number of unbranched alkanes of at least 4 members (excludes halogenated alkanes) is 3. The molecule has 0 aliphatic carbocycles. The lowest BCUT2D eigenvalue weighted by atomic mass is 9.77. The molecule has 1 aromatic heterocycles. The summed E-state index contributed by atoms with van der Waals surface area (Å²) in [6.07, 6.45) is 16.2. The monoisotopic (exact) mass is 950 g/mol. The Balaban J connectivity index is 1.36. The largest absolute Gasteiger partial charge is 0.354 e. The van der Waals surface area contributed by atoms with Crippen molar-refractivity contribution in [3.05, 3.63) is 94.8 Å². The summed E-state index contributed by atoms with van der Waals surface area (Å²) >= 11 is 6.45. The summed E-state index contributed by atoms with van der Waals surface area (Å²) < 4.78 is 101. The molecule has 0 bridgehead atoms. The number of nitrogens with zero attached hydrogens (tertiary/aromatic N) is 4. The maximum atomic E-state index is 12.5. The number of anilines is 1. The van der Waals surface area contributed by atoms with Gasteiger partial charge >= 0.3 is 5.82 Å². The number of amides is 3. The molecule has 63 heavy (non-hydrogen) atoms. The number of aliphatic imine (C=N–C) groups is 1. The number of carbonyl (C=O) groups excluding carboxylic acids is 3. The van der Waals surface area contributed by atoms with Crippen LogP contribution >= 0.6 is 11.6 Å². The van der Waals surface area contributed by atoms with Gasteiger partial charge in [-0.05, 0) is 93.4 Å².